The maximum absolute atomic E-state index is 11.0. The second-order valence-electron chi connectivity index (χ2n) is 5.32. The predicted molar refractivity (Wildman–Crippen MR) is 66.6 cm³/mol. The van der Waals surface area contributed by atoms with Crippen LogP contribution in [0.5, 0.6) is 0 Å². The first-order valence-electron chi connectivity index (χ1n) is 6.54. The van der Waals surface area contributed by atoms with Gasteiger partial charge in [-0.1, -0.05) is 0 Å². The molecule has 0 saturated heterocycles. The van der Waals surface area contributed by atoms with Crippen LogP contribution in [0.2, 0.25) is 0 Å². The van der Waals surface area contributed by atoms with Gasteiger partial charge in [0.15, 0.2) is 5.82 Å². The van der Waals surface area contributed by atoms with Gasteiger partial charge < -0.3 is 9.84 Å². The monoisotopic (exact) mass is 268 g/mol. The van der Waals surface area contributed by atoms with Crippen LogP contribution in [-0.2, 0) is 16.0 Å². The van der Waals surface area contributed by atoms with Gasteiger partial charge in [0.2, 0.25) is 0 Å². The molecule has 19 heavy (non-hydrogen) atoms. The third-order valence-electron chi connectivity index (χ3n) is 4.24. The minimum Gasteiger partial charge on any atom is -0.481 e. The van der Waals surface area contributed by atoms with Gasteiger partial charge in [0.1, 0.15) is 0 Å². The van der Waals surface area contributed by atoms with Crippen LogP contribution in [-0.4, -0.2) is 44.0 Å². The maximum atomic E-state index is 11.0. The highest BCUT2D eigenvalue weighted by atomic mass is 16.5. The number of carboxylic acid groups (broad SMARTS) is 1. The van der Waals surface area contributed by atoms with Crippen molar-refractivity contribution >= 4 is 5.97 Å². The first-order valence-corrected chi connectivity index (χ1v) is 6.54. The highest BCUT2D eigenvalue weighted by Crippen LogP contribution is 2.37. The highest BCUT2D eigenvalue weighted by molar-refractivity contribution is 5.70. The lowest BCUT2D eigenvalue weighted by atomic mass is 9.77. The van der Waals surface area contributed by atoms with Crippen LogP contribution in [0.4, 0.5) is 0 Å². The van der Waals surface area contributed by atoms with Crippen molar-refractivity contribution in [1.82, 2.24) is 20.2 Å². The number of carboxylic acids is 1. The van der Waals surface area contributed by atoms with E-state index in [0.29, 0.717) is 12.2 Å². The third kappa shape index (κ3) is 2.60. The molecule has 1 aliphatic carbocycles. The number of ether oxygens (including phenoxy) is 1. The van der Waals surface area contributed by atoms with Gasteiger partial charge in [-0.15, -0.1) is 5.10 Å². The van der Waals surface area contributed by atoms with Gasteiger partial charge >= 0.3 is 5.97 Å². The number of methoxy groups -OCH3 is 1. The van der Waals surface area contributed by atoms with E-state index in [0.717, 1.165) is 19.3 Å². The van der Waals surface area contributed by atoms with Gasteiger partial charge in [0.25, 0.3) is 0 Å². The topological polar surface area (TPSA) is 90.1 Å². The fourth-order valence-corrected chi connectivity index (χ4v) is 2.38. The number of hydrogen-bond acceptors (Lipinski definition) is 5. The standard InChI is InChI=1S/C12H20N4O3/c1-8(11(17)18)9(2)16-10(13-14-15-16)7-12(19-3)5-4-6-12/h8-9H,4-7H2,1-3H3,(H,17,18). The molecule has 2 unspecified atom stereocenters. The summed E-state index contributed by atoms with van der Waals surface area (Å²) in [5.41, 5.74) is -0.168. The van der Waals surface area contributed by atoms with Crippen molar-refractivity contribution in [3.63, 3.8) is 0 Å². The molecule has 106 valence electrons. The molecule has 0 aromatic carbocycles. The smallest absolute Gasteiger partial charge is 0.308 e. The fourth-order valence-electron chi connectivity index (χ4n) is 2.38. The molecule has 2 atom stereocenters. The Morgan fingerprint density at radius 1 is 1.53 bits per heavy atom. The van der Waals surface area contributed by atoms with E-state index >= 15 is 0 Å². The van der Waals surface area contributed by atoms with Gasteiger partial charge in [0, 0.05) is 13.5 Å². The number of hydrogen-bond donors (Lipinski definition) is 1. The van der Waals surface area contributed by atoms with Gasteiger partial charge in [-0.05, 0) is 43.5 Å². The molecule has 0 bridgehead atoms. The van der Waals surface area contributed by atoms with Crippen LogP contribution in [0, 0.1) is 5.92 Å². The van der Waals surface area contributed by atoms with Crippen LogP contribution in [0.25, 0.3) is 0 Å². The fraction of sp³-hybridized carbons (Fsp3) is 0.833. The van der Waals surface area contributed by atoms with E-state index in [9.17, 15) is 4.79 Å². The Kier molecular flexibility index (Phi) is 3.84. The Hall–Kier alpha value is -1.50. The van der Waals surface area contributed by atoms with Crippen LogP contribution >= 0.6 is 0 Å². The predicted octanol–water partition coefficient (Wildman–Crippen LogP) is 1.07. The molecule has 2 rings (SSSR count). The zero-order chi connectivity index (χ0) is 14.0. The van der Waals surface area contributed by atoms with Crippen LogP contribution < -0.4 is 0 Å². The number of aromatic nitrogens is 4. The lowest BCUT2D eigenvalue weighted by molar-refractivity contribution is -0.142. The molecule has 1 N–H and O–H groups in total. The van der Waals surface area contributed by atoms with Crippen molar-refractivity contribution in [2.75, 3.05) is 7.11 Å². The van der Waals surface area contributed by atoms with E-state index in [1.54, 1.807) is 18.7 Å². The average Bonchev–Trinajstić information content (AvgIpc) is 2.79. The van der Waals surface area contributed by atoms with E-state index < -0.39 is 11.9 Å². The molecule has 0 aliphatic heterocycles. The number of rotatable bonds is 6. The summed E-state index contributed by atoms with van der Waals surface area (Å²) in [4.78, 5) is 11.0. The summed E-state index contributed by atoms with van der Waals surface area (Å²) in [6.45, 7) is 3.48. The molecular weight excluding hydrogens is 248 g/mol. The first-order chi connectivity index (χ1) is 8.99. The lowest BCUT2D eigenvalue weighted by Gasteiger charge is -2.40. The minimum absolute atomic E-state index is 0.168. The summed E-state index contributed by atoms with van der Waals surface area (Å²) in [5, 5.41) is 20.7. The van der Waals surface area contributed by atoms with Crippen molar-refractivity contribution in [3.05, 3.63) is 5.82 Å². The van der Waals surface area contributed by atoms with Gasteiger partial charge in [-0.3, -0.25) is 4.79 Å². The molecule has 1 aromatic heterocycles. The van der Waals surface area contributed by atoms with E-state index in [2.05, 4.69) is 15.5 Å². The molecule has 1 aromatic rings. The van der Waals surface area contributed by atoms with Crippen molar-refractivity contribution < 1.29 is 14.6 Å². The SMILES string of the molecule is COC1(Cc2nnnn2C(C)C(C)C(=O)O)CCC1. The molecule has 0 radical (unpaired) electrons. The second-order valence-corrected chi connectivity index (χ2v) is 5.32. The molecule has 0 spiro atoms. The summed E-state index contributed by atoms with van der Waals surface area (Å²) in [6.07, 6.45) is 3.78. The Morgan fingerprint density at radius 2 is 2.21 bits per heavy atom. The molecule has 1 fully saturated rings. The number of nitrogens with zero attached hydrogens (tertiary/aromatic N) is 4. The summed E-state index contributed by atoms with van der Waals surface area (Å²) in [6, 6.07) is -0.281. The minimum atomic E-state index is -0.848. The number of aliphatic carboxylic acids is 1. The second kappa shape index (κ2) is 5.24. The largest absolute Gasteiger partial charge is 0.481 e. The Morgan fingerprint density at radius 3 is 2.68 bits per heavy atom. The summed E-state index contributed by atoms with van der Waals surface area (Å²) in [5.74, 6) is -0.691. The van der Waals surface area contributed by atoms with E-state index in [1.807, 2.05) is 6.92 Å². The van der Waals surface area contributed by atoms with Crippen molar-refractivity contribution in [1.29, 1.82) is 0 Å². The van der Waals surface area contributed by atoms with Gasteiger partial charge in [0.05, 0.1) is 17.6 Å². The van der Waals surface area contributed by atoms with Crippen LogP contribution in [0.15, 0.2) is 0 Å². The Labute approximate surface area is 111 Å². The Balaban J connectivity index is 2.15. The van der Waals surface area contributed by atoms with Crippen molar-refractivity contribution in [2.24, 2.45) is 5.92 Å². The van der Waals surface area contributed by atoms with E-state index in [4.69, 9.17) is 9.84 Å². The van der Waals surface area contributed by atoms with E-state index in [1.165, 1.54) is 0 Å². The van der Waals surface area contributed by atoms with Gasteiger partial charge in [-0.25, -0.2) is 4.68 Å². The number of tetrazole rings is 1. The zero-order valence-electron chi connectivity index (χ0n) is 11.5. The van der Waals surface area contributed by atoms with Crippen LogP contribution in [0.3, 0.4) is 0 Å². The average molecular weight is 268 g/mol. The van der Waals surface area contributed by atoms with Crippen molar-refractivity contribution in [3.8, 4) is 0 Å². The summed E-state index contributed by atoms with van der Waals surface area (Å²) < 4.78 is 7.17. The molecule has 1 aliphatic rings. The molecule has 1 heterocycles. The number of carbonyl (C=O) groups is 1. The molecule has 7 nitrogen and oxygen atoms in total. The summed E-state index contributed by atoms with van der Waals surface area (Å²) in [7, 11) is 1.70. The maximum Gasteiger partial charge on any atom is 0.308 e. The van der Waals surface area contributed by atoms with E-state index in [-0.39, 0.29) is 11.6 Å². The quantitative estimate of drug-likeness (QED) is 0.829. The lowest BCUT2D eigenvalue weighted by Crippen LogP contribution is -2.42. The molecule has 7 heteroatoms. The summed E-state index contributed by atoms with van der Waals surface area (Å²) >= 11 is 0. The van der Waals surface area contributed by atoms with Gasteiger partial charge in [-0.2, -0.15) is 0 Å². The molecular formula is C12H20N4O3. The van der Waals surface area contributed by atoms with Crippen molar-refractivity contribution in [2.45, 2.75) is 51.2 Å². The highest BCUT2D eigenvalue weighted by Gasteiger charge is 2.39. The third-order valence-corrected chi connectivity index (χ3v) is 4.24. The zero-order valence-corrected chi connectivity index (χ0v) is 11.5. The first kappa shape index (κ1) is 13.9. The molecule has 0 amide bonds. The Bertz CT molecular complexity index is 450. The van der Waals surface area contributed by atoms with Crippen LogP contribution in [0.1, 0.15) is 45.0 Å². The normalized spacial score (nSPS) is 20.6. The molecule has 1 saturated carbocycles.